The van der Waals surface area contributed by atoms with Crippen LogP contribution < -0.4 is 0 Å². The lowest BCUT2D eigenvalue weighted by Crippen LogP contribution is -2.02. The normalized spacial score (nSPS) is 20.2. The van der Waals surface area contributed by atoms with Gasteiger partial charge >= 0.3 is 0 Å². The van der Waals surface area contributed by atoms with Gasteiger partial charge in [0.05, 0.1) is 0 Å². The second kappa shape index (κ2) is 3.38. The van der Waals surface area contributed by atoms with Crippen LogP contribution in [0.15, 0.2) is 12.1 Å². The predicted octanol–water partition coefficient (Wildman–Crippen LogP) is 3.82. The lowest BCUT2D eigenvalue weighted by molar-refractivity contribution is 0.495. The molecule has 1 aromatic carbocycles. The smallest absolute Gasteiger partial charge is 0.126 e. The van der Waals surface area contributed by atoms with E-state index in [0.717, 1.165) is 12.0 Å². The zero-order valence-electron chi connectivity index (χ0n) is 9.10. The Balaban J connectivity index is 2.45. The highest BCUT2D eigenvalue weighted by Gasteiger charge is 2.25. The Morgan fingerprint density at radius 2 is 2.07 bits per heavy atom. The molecule has 14 heavy (non-hydrogen) atoms. The largest absolute Gasteiger partial charge is 0.207 e. The van der Waals surface area contributed by atoms with Crippen molar-refractivity contribution in [1.29, 1.82) is 0 Å². The highest BCUT2D eigenvalue weighted by atomic mass is 19.1. The van der Waals surface area contributed by atoms with Crippen LogP contribution in [0.2, 0.25) is 0 Å². The fourth-order valence-corrected chi connectivity index (χ4v) is 2.47. The Morgan fingerprint density at radius 1 is 1.36 bits per heavy atom. The van der Waals surface area contributed by atoms with E-state index >= 15 is 0 Å². The van der Waals surface area contributed by atoms with Crippen LogP contribution in [0.25, 0.3) is 0 Å². The number of halogens is 1. The Labute approximate surface area is 85.1 Å². The van der Waals surface area contributed by atoms with E-state index in [1.807, 2.05) is 13.0 Å². The summed E-state index contributed by atoms with van der Waals surface area (Å²) < 4.78 is 13.3. The summed E-state index contributed by atoms with van der Waals surface area (Å²) in [5, 5.41) is 0. The molecule has 1 aliphatic carbocycles. The first-order valence-electron chi connectivity index (χ1n) is 5.38. The number of benzene rings is 1. The number of aryl methyl sites for hydroxylation is 2. The van der Waals surface area contributed by atoms with Crippen molar-refractivity contribution in [3.63, 3.8) is 0 Å². The first-order valence-corrected chi connectivity index (χ1v) is 5.38. The van der Waals surface area contributed by atoms with E-state index in [9.17, 15) is 4.39 Å². The summed E-state index contributed by atoms with van der Waals surface area (Å²) in [6, 6.07) is 3.77. The Bertz CT molecular complexity index is 352. The predicted molar refractivity (Wildman–Crippen MR) is 57.0 cm³/mol. The fraction of sp³-hybridized carbons (Fsp3) is 0.538. The molecule has 0 aliphatic heterocycles. The van der Waals surface area contributed by atoms with Gasteiger partial charge in [-0.2, -0.15) is 0 Å². The van der Waals surface area contributed by atoms with E-state index in [1.54, 1.807) is 6.07 Å². The zero-order chi connectivity index (χ0) is 10.3. The highest BCUT2D eigenvalue weighted by molar-refractivity contribution is 5.39. The maximum absolute atomic E-state index is 13.3. The quantitative estimate of drug-likeness (QED) is 0.634. The van der Waals surface area contributed by atoms with E-state index < -0.39 is 0 Å². The molecule has 2 rings (SSSR count). The van der Waals surface area contributed by atoms with Crippen molar-refractivity contribution < 1.29 is 4.39 Å². The zero-order valence-corrected chi connectivity index (χ0v) is 9.10. The average Bonchev–Trinajstić information content (AvgIpc) is 2.48. The molecule has 0 nitrogen and oxygen atoms in total. The Hall–Kier alpha value is -0.850. The molecule has 0 spiro atoms. The monoisotopic (exact) mass is 192 g/mol. The number of hydrogen-bond acceptors (Lipinski definition) is 0. The standard InChI is InChI=1S/C13H17F/c1-8(2)11-5-4-10-7-13(14)9(3)6-12(10)11/h6-8,11H,4-5H2,1-3H3. The second-order valence-electron chi connectivity index (χ2n) is 4.69. The third kappa shape index (κ3) is 1.45. The van der Waals surface area contributed by atoms with Crippen molar-refractivity contribution in [2.24, 2.45) is 5.92 Å². The molecule has 0 N–H and O–H groups in total. The molecule has 1 aromatic rings. The van der Waals surface area contributed by atoms with Crippen LogP contribution in [0.1, 0.15) is 42.9 Å². The van der Waals surface area contributed by atoms with Gasteiger partial charge in [0.25, 0.3) is 0 Å². The Kier molecular flexibility index (Phi) is 2.34. The summed E-state index contributed by atoms with van der Waals surface area (Å²) in [5.74, 6) is 1.26. The maximum Gasteiger partial charge on any atom is 0.126 e. The van der Waals surface area contributed by atoms with Crippen LogP contribution >= 0.6 is 0 Å². The van der Waals surface area contributed by atoms with E-state index in [1.165, 1.54) is 17.5 Å². The van der Waals surface area contributed by atoms with Crippen molar-refractivity contribution in [3.05, 3.63) is 34.6 Å². The summed E-state index contributed by atoms with van der Waals surface area (Å²) >= 11 is 0. The molecule has 0 heterocycles. The fourth-order valence-electron chi connectivity index (χ4n) is 2.47. The third-order valence-corrected chi connectivity index (χ3v) is 3.35. The van der Waals surface area contributed by atoms with Gasteiger partial charge in [-0.15, -0.1) is 0 Å². The molecule has 76 valence electrons. The number of rotatable bonds is 1. The maximum atomic E-state index is 13.3. The minimum Gasteiger partial charge on any atom is -0.207 e. The first-order chi connectivity index (χ1) is 6.59. The Morgan fingerprint density at radius 3 is 2.71 bits per heavy atom. The van der Waals surface area contributed by atoms with Gasteiger partial charge in [-0.1, -0.05) is 19.9 Å². The van der Waals surface area contributed by atoms with Crippen LogP contribution in [0.4, 0.5) is 4.39 Å². The van der Waals surface area contributed by atoms with Crippen LogP contribution in [0.5, 0.6) is 0 Å². The molecule has 0 bridgehead atoms. The van der Waals surface area contributed by atoms with Gasteiger partial charge in [-0.3, -0.25) is 0 Å². The molecule has 0 amide bonds. The number of hydrogen-bond donors (Lipinski definition) is 0. The van der Waals surface area contributed by atoms with E-state index in [4.69, 9.17) is 0 Å². The average molecular weight is 192 g/mol. The van der Waals surface area contributed by atoms with Gasteiger partial charge in [0.2, 0.25) is 0 Å². The summed E-state index contributed by atoms with van der Waals surface area (Å²) in [6.07, 6.45) is 2.24. The first kappa shape index (κ1) is 9.70. The molecule has 1 atom stereocenters. The van der Waals surface area contributed by atoms with E-state index in [0.29, 0.717) is 11.8 Å². The molecule has 0 saturated heterocycles. The van der Waals surface area contributed by atoms with Crippen molar-refractivity contribution >= 4 is 0 Å². The van der Waals surface area contributed by atoms with Crippen molar-refractivity contribution in [1.82, 2.24) is 0 Å². The van der Waals surface area contributed by atoms with Crippen LogP contribution in [-0.4, -0.2) is 0 Å². The summed E-state index contributed by atoms with van der Waals surface area (Å²) in [7, 11) is 0. The minimum absolute atomic E-state index is 0.0480. The van der Waals surface area contributed by atoms with Gasteiger partial charge in [0.15, 0.2) is 0 Å². The summed E-state index contributed by atoms with van der Waals surface area (Å²) in [4.78, 5) is 0. The molecular weight excluding hydrogens is 175 g/mol. The lowest BCUT2D eigenvalue weighted by Gasteiger charge is -2.16. The lowest BCUT2D eigenvalue weighted by atomic mass is 9.89. The summed E-state index contributed by atoms with van der Waals surface area (Å²) in [5.41, 5.74) is 3.40. The van der Waals surface area contributed by atoms with Gasteiger partial charge in [-0.05, 0) is 54.4 Å². The van der Waals surface area contributed by atoms with Crippen LogP contribution in [-0.2, 0) is 6.42 Å². The molecule has 0 radical (unpaired) electrons. The molecule has 1 aliphatic rings. The molecule has 0 aromatic heterocycles. The van der Waals surface area contributed by atoms with Gasteiger partial charge in [-0.25, -0.2) is 4.39 Å². The van der Waals surface area contributed by atoms with Crippen LogP contribution in [0.3, 0.4) is 0 Å². The van der Waals surface area contributed by atoms with Gasteiger partial charge in [0.1, 0.15) is 5.82 Å². The van der Waals surface area contributed by atoms with Gasteiger partial charge < -0.3 is 0 Å². The SMILES string of the molecule is Cc1cc2c(cc1F)CCC2C(C)C. The summed E-state index contributed by atoms with van der Waals surface area (Å²) in [6.45, 7) is 6.35. The second-order valence-corrected chi connectivity index (χ2v) is 4.69. The molecule has 0 saturated carbocycles. The third-order valence-electron chi connectivity index (χ3n) is 3.35. The molecule has 1 unspecified atom stereocenters. The van der Waals surface area contributed by atoms with Crippen molar-refractivity contribution in [2.75, 3.05) is 0 Å². The topological polar surface area (TPSA) is 0 Å². The van der Waals surface area contributed by atoms with Gasteiger partial charge in [0, 0.05) is 0 Å². The van der Waals surface area contributed by atoms with E-state index in [2.05, 4.69) is 13.8 Å². The van der Waals surface area contributed by atoms with Crippen LogP contribution in [0, 0.1) is 18.7 Å². The highest BCUT2D eigenvalue weighted by Crippen LogP contribution is 2.39. The minimum atomic E-state index is -0.0480. The van der Waals surface area contributed by atoms with E-state index in [-0.39, 0.29) is 5.82 Å². The van der Waals surface area contributed by atoms with Crippen molar-refractivity contribution in [2.45, 2.75) is 39.5 Å². The van der Waals surface area contributed by atoms with Crippen molar-refractivity contribution in [3.8, 4) is 0 Å². The number of fused-ring (bicyclic) bond motifs is 1. The molecule has 1 heteroatoms. The molecule has 0 fully saturated rings. The molecular formula is C13H17F.